The number of benzene rings is 1. The van der Waals surface area contributed by atoms with Crippen LogP contribution in [0.1, 0.15) is 48.7 Å². The molecular formula is C21H32ClN5. The molecule has 148 valence electrons. The summed E-state index contributed by atoms with van der Waals surface area (Å²) in [4.78, 5) is 4.39. The Morgan fingerprint density at radius 2 is 1.93 bits per heavy atom. The number of aromatic nitrogens is 2. The van der Waals surface area contributed by atoms with E-state index in [1.165, 1.54) is 16.8 Å². The molecular weight excluding hydrogens is 358 g/mol. The molecule has 1 aromatic heterocycles. The lowest BCUT2D eigenvalue weighted by Gasteiger charge is -2.21. The summed E-state index contributed by atoms with van der Waals surface area (Å²) >= 11 is 6.01. The number of nitrogens with zero attached hydrogens (tertiary/aromatic N) is 3. The lowest BCUT2D eigenvalue weighted by molar-refractivity contribution is 0.602. The second-order valence-electron chi connectivity index (χ2n) is 7.13. The third-order valence-electron chi connectivity index (χ3n) is 5.13. The number of aliphatic imine (C=N–C) groups is 1. The summed E-state index contributed by atoms with van der Waals surface area (Å²) in [5.74, 6) is 1.24. The average Bonchev–Trinajstić information content (AvgIpc) is 2.88. The maximum Gasteiger partial charge on any atom is 0.191 e. The number of halogens is 1. The number of guanidine groups is 1. The SMILES string of the molecule is CCC(CNC(=NC)NC(C)Cc1c(C)nn(C)c1C)c1ccc(Cl)cc1. The molecule has 0 saturated carbocycles. The highest BCUT2D eigenvalue weighted by molar-refractivity contribution is 6.30. The van der Waals surface area contributed by atoms with Gasteiger partial charge in [-0.3, -0.25) is 9.67 Å². The Kier molecular flexibility index (Phi) is 7.72. The smallest absolute Gasteiger partial charge is 0.191 e. The average molecular weight is 390 g/mol. The zero-order valence-electron chi connectivity index (χ0n) is 17.3. The Bertz CT molecular complexity index is 764. The van der Waals surface area contributed by atoms with Crippen LogP contribution in [0.5, 0.6) is 0 Å². The van der Waals surface area contributed by atoms with Crippen LogP contribution in [0.2, 0.25) is 5.02 Å². The van der Waals surface area contributed by atoms with Crippen molar-refractivity contribution in [3.05, 3.63) is 51.8 Å². The van der Waals surface area contributed by atoms with E-state index in [4.69, 9.17) is 11.6 Å². The normalized spacial score (nSPS) is 14.1. The summed E-state index contributed by atoms with van der Waals surface area (Å²) in [5, 5.41) is 12.2. The third-order valence-corrected chi connectivity index (χ3v) is 5.38. The second kappa shape index (κ2) is 9.79. The molecule has 0 aliphatic heterocycles. The van der Waals surface area contributed by atoms with E-state index < -0.39 is 0 Å². The van der Waals surface area contributed by atoms with Gasteiger partial charge in [-0.1, -0.05) is 30.7 Å². The Hall–Kier alpha value is -2.01. The fraction of sp³-hybridized carbons (Fsp3) is 0.524. The van der Waals surface area contributed by atoms with Gasteiger partial charge in [0.2, 0.25) is 0 Å². The van der Waals surface area contributed by atoms with Crippen molar-refractivity contribution in [2.75, 3.05) is 13.6 Å². The Balaban J connectivity index is 1.93. The zero-order valence-corrected chi connectivity index (χ0v) is 18.1. The fourth-order valence-electron chi connectivity index (χ4n) is 3.35. The van der Waals surface area contributed by atoms with Crippen molar-refractivity contribution in [2.45, 2.75) is 52.5 Å². The van der Waals surface area contributed by atoms with Gasteiger partial charge in [-0.05, 0) is 56.9 Å². The molecule has 0 bridgehead atoms. The maximum atomic E-state index is 6.01. The quantitative estimate of drug-likeness (QED) is 0.556. The number of aryl methyl sites for hydroxylation is 2. The predicted molar refractivity (Wildman–Crippen MR) is 115 cm³/mol. The molecule has 2 rings (SSSR count). The first kappa shape index (κ1) is 21.3. The van der Waals surface area contributed by atoms with Gasteiger partial charge < -0.3 is 10.6 Å². The van der Waals surface area contributed by atoms with Crippen LogP contribution in [0, 0.1) is 13.8 Å². The van der Waals surface area contributed by atoms with Crippen molar-refractivity contribution < 1.29 is 0 Å². The topological polar surface area (TPSA) is 54.2 Å². The van der Waals surface area contributed by atoms with Crippen LogP contribution in [0.4, 0.5) is 0 Å². The first-order chi connectivity index (χ1) is 12.8. The van der Waals surface area contributed by atoms with E-state index in [2.05, 4.69) is 60.6 Å². The van der Waals surface area contributed by atoms with E-state index in [1.807, 2.05) is 30.9 Å². The van der Waals surface area contributed by atoms with Gasteiger partial charge in [-0.15, -0.1) is 0 Å². The van der Waals surface area contributed by atoms with Crippen molar-refractivity contribution in [1.29, 1.82) is 0 Å². The molecule has 0 fully saturated rings. The third kappa shape index (κ3) is 5.73. The summed E-state index contributed by atoms with van der Waals surface area (Å²) in [6, 6.07) is 8.37. The number of hydrogen-bond acceptors (Lipinski definition) is 2. The van der Waals surface area contributed by atoms with E-state index in [0.717, 1.165) is 36.1 Å². The minimum absolute atomic E-state index is 0.258. The highest BCUT2D eigenvalue weighted by Crippen LogP contribution is 2.20. The van der Waals surface area contributed by atoms with Crippen molar-refractivity contribution in [1.82, 2.24) is 20.4 Å². The zero-order chi connectivity index (χ0) is 20.0. The molecule has 1 heterocycles. The monoisotopic (exact) mass is 389 g/mol. The van der Waals surface area contributed by atoms with Crippen LogP contribution in [-0.4, -0.2) is 35.4 Å². The standard InChI is InChI=1S/C21H32ClN5/c1-7-17(18-8-10-19(22)11-9-18)13-24-21(23-5)25-14(2)12-20-15(3)26-27(6)16(20)4/h8-11,14,17H,7,12-13H2,1-6H3,(H2,23,24,25). The number of rotatable bonds is 7. The minimum Gasteiger partial charge on any atom is -0.356 e. The van der Waals surface area contributed by atoms with Crippen molar-refractivity contribution in [2.24, 2.45) is 12.0 Å². The first-order valence-corrected chi connectivity index (χ1v) is 9.95. The van der Waals surface area contributed by atoms with Gasteiger partial charge in [0, 0.05) is 43.3 Å². The highest BCUT2D eigenvalue weighted by atomic mass is 35.5. The Morgan fingerprint density at radius 3 is 2.44 bits per heavy atom. The molecule has 0 amide bonds. The summed E-state index contributed by atoms with van der Waals surface area (Å²) in [5.41, 5.74) is 4.92. The number of nitrogens with one attached hydrogen (secondary N) is 2. The molecule has 2 aromatic rings. The molecule has 6 heteroatoms. The molecule has 2 N–H and O–H groups in total. The summed E-state index contributed by atoms with van der Waals surface area (Å²) in [7, 11) is 3.80. The van der Waals surface area contributed by atoms with Gasteiger partial charge in [-0.2, -0.15) is 5.10 Å². The van der Waals surface area contributed by atoms with E-state index in [0.29, 0.717) is 5.92 Å². The predicted octanol–water partition coefficient (Wildman–Crippen LogP) is 3.98. The van der Waals surface area contributed by atoms with Crippen LogP contribution in [0.25, 0.3) is 0 Å². The van der Waals surface area contributed by atoms with Crippen LogP contribution >= 0.6 is 11.6 Å². The minimum atomic E-state index is 0.258. The lowest BCUT2D eigenvalue weighted by atomic mass is 9.96. The molecule has 27 heavy (non-hydrogen) atoms. The highest BCUT2D eigenvalue weighted by Gasteiger charge is 2.15. The van der Waals surface area contributed by atoms with E-state index in [-0.39, 0.29) is 6.04 Å². The van der Waals surface area contributed by atoms with E-state index >= 15 is 0 Å². The van der Waals surface area contributed by atoms with Gasteiger partial charge in [-0.25, -0.2) is 0 Å². The van der Waals surface area contributed by atoms with Crippen LogP contribution in [0.15, 0.2) is 29.3 Å². The summed E-state index contributed by atoms with van der Waals surface area (Å²) in [6.07, 6.45) is 1.97. The first-order valence-electron chi connectivity index (χ1n) is 9.57. The fourth-order valence-corrected chi connectivity index (χ4v) is 3.48. The molecule has 2 atom stereocenters. The number of hydrogen-bond donors (Lipinski definition) is 2. The molecule has 0 aliphatic carbocycles. The van der Waals surface area contributed by atoms with Gasteiger partial charge in [0.15, 0.2) is 5.96 Å². The largest absolute Gasteiger partial charge is 0.356 e. The van der Waals surface area contributed by atoms with Gasteiger partial charge in [0.05, 0.1) is 5.69 Å². The molecule has 5 nitrogen and oxygen atoms in total. The second-order valence-corrected chi connectivity index (χ2v) is 7.57. The van der Waals surface area contributed by atoms with Crippen molar-refractivity contribution in [3.8, 4) is 0 Å². The van der Waals surface area contributed by atoms with Gasteiger partial charge >= 0.3 is 0 Å². The van der Waals surface area contributed by atoms with Crippen LogP contribution in [-0.2, 0) is 13.5 Å². The van der Waals surface area contributed by atoms with Crippen LogP contribution in [0.3, 0.4) is 0 Å². The van der Waals surface area contributed by atoms with Gasteiger partial charge in [0.25, 0.3) is 0 Å². The van der Waals surface area contributed by atoms with Crippen LogP contribution < -0.4 is 10.6 Å². The van der Waals surface area contributed by atoms with E-state index in [9.17, 15) is 0 Å². The van der Waals surface area contributed by atoms with Gasteiger partial charge in [0.1, 0.15) is 0 Å². The summed E-state index contributed by atoms with van der Waals surface area (Å²) in [6.45, 7) is 9.39. The molecule has 1 aromatic carbocycles. The maximum absolute atomic E-state index is 6.01. The Labute approximate surface area is 168 Å². The van der Waals surface area contributed by atoms with E-state index in [1.54, 1.807) is 0 Å². The molecule has 0 radical (unpaired) electrons. The molecule has 0 saturated heterocycles. The summed E-state index contributed by atoms with van der Waals surface area (Å²) < 4.78 is 1.95. The molecule has 2 unspecified atom stereocenters. The lowest BCUT2D eigenvalue weighted by Crippen LogP contribution is -2.44. The van der Waals surface area contributed by atoms with Crippen molar-refractivity contribution >= 4 is 17.6 Å². The van der Waals surface area contributed by atoms with Crippen molar-refractivity contribution in [3.63, 3.8) is 0 Å². The molecule has 0 aliphatic rings. The molecule has 0 spiro atoms. The Morgan fingerprint density at radius 1 is 1.26 bits per heavy atom.